The first-order valence-electron chi connectivity index (χ1n) is 13.0. The van der Waals surface area contributed by atoms with Gasteiger partial charge < -0.3 is 20.9 Å². The van der Waals surface area contributed by atoms with Gasteiger partial charge in [0.05, 0.1) is 0 Å². The summed E-state index contributed by atoms with van der Waals surface area (Å²) in [6.07, 6.45) is 6.85. The Morgan fingerprint density at radius 2 is 1.80 bits per heavy atom. The van der Waals surface area contributed by atoms with Crippen LogP contribution in [0, 0.1) is 5.92 Å². The van der Waals surface area contributed by atoms with E-state index in [1.54, 1.807) is 18.7 Å². The predicted octanol–water partition coefficient (Wildman–Crippen LogP) is 1.89. The molecule has 1 aliphatic carbocycles. The first-order valence-corrected chi connectivity index (χ1v) is 14.0. The third-order valence-electron chi connectivity index (χ3n) is 7.43. The summed E-state index contributed by atoms with van der Waals surface area (Å²) in [6, 6.07) is -2.18. The molecule has 2 unspecified atom stereocenters. The summed E-state index contributed by atoms with van der Waals surface area (Å²) < 4.78 is 0. The first kappa shape index (κ1) is 27.5. The SMILES string of the molecule is CC(=O)SCCCCC[C@@H]1NC(=O)[C@H]2CCCN2C(=O)[C@H](C)NC(=O)C2(CCCC(C)C2)NC1=O. The average molecular weight is 509 g/mol. The molecule has 3 aliphatic rings. The maximum atomic E-state index is 13.5. The maximum Gasteiger partial charge on any atom is 0.246 e. The number of rotatable bonds is 6. The fourth-order valence-corrected chi connectivity index (χ4v) is 6.21. The second kappa shape index (κ2) is 12.2. The van der Waals surface area contributed by atoms with Gasteiger partial charge in [0.25, 0.3) is 0 Å². The number of nitrogens with zero attached hydrogens (tertiary/aromatic N) is 1. The van der Waals surface area contributed by atoms with Crippen LogP contribution in [0.2, 0.25) is 0 Å². The molecule has 9 nitrogen and oxygen atoms in total. The van der Waals surface area contributed by atoms with E-state index in [2.05, 4.69) is 22.9 Å². The summed E-state index contributed by atoms with van der Waals surface area (Å²) in [5, 5.41) is 8.89. The van der Waals surface area contributed by atoms with Crippen molar-refractivity contribution in [3.05, 3.63) is 0 Å². The molecule has 1 spiro atoms. The quantitative estimate of drug-likeness (QED) is 0.471. The van der Waals surface area contributed by atoms with Crippen LogP contribution in [-0.4, -0.2) is 69.6 Å². The number of carbonyl (C=O) groups is 5. The molecule has 0 bridgehead atoms. The average Bonchev–Trinajstić information content (AvgIpc) is 3.29. The largest absolute Gasteiger partial charge is 0.343 e. The van der Waals surface area contributed by atoms with Crippen LogP contribution in [0.1, 0.15) is 85.0 Å². The molecule has 196 valence electrons. The lowest BCUT2D eigenvalue weighted by Crippen LogP contribution is -2.67. The molecule has 5 atom stereocenters. The molecule has 0 radical (unpaired) electrons. The van der Waals surface area contributed by atoms with E-state index in [1.165, 1.54) is 11.8 Å². The molecule has 35 heavy (non-hydrogen) atoms. The standard InChI is InChI=1S/C25H40N4O5S/c1-16-9-7-12-25(15-16)24(34)26-17(2)23(33)29-13-8-11-20(29)22(32)27-19(21(31)28-25)10-5-4-6-14-35-18(3)30/h16-17,19-20H,4-15H2,1-3H3,(H,26,34)(H,27,32)(H,28,31)/t16?,17-,19-,20+,25?/m0/s1. The van der Waals surface area contributed by atoms with Crippen LogP contribution >= 0.6 is 11.8 Å². The van der Waals surface area contributed by atoms with Gasteiger partial charge >= 0.3 is 0 Å². The molecule has 1 saturated carbocycles. The van der Waals surface area contributed by atoms with Crippen molar-refractivity contribution < 1.29 is 24.0 Å². The van der Waals surface area contributed by atoms with Crippen LogP contribution in [0.4, 0.5) is 0 Å². The van der Waals surface area contributed by atoms with Crippen molar-refractivity contribution in [3.63, 3.8) is 0 Å². The molecule has 3 rings (SSSR count). The van der Waals surface area contributed by atoms with Crippen molar-refractivity contribution in [3.8, 4) is 0 Å². The molecule has 0 aromatic rings. The van der Waals surface area contributed by atoms with E-state index >= 15 is 0 Å². The molecular formula is C25H40N4O5S. The van der Waals surface area contributed by atoms with E-state index in [9.17, 15) is 24.0 Å². The third kappa shape index (κ3) is 6.98. The van der Waals surface area contributed by atoms with Gasteiger partial charge in [0.15, 0.2) is 5.12 Å². The smallest absolute Gasteiger partial charge is 0.246 e. The molecule has 0 aromatic heterocycles. The minimum absolute atomic E-state index is 0.0891. The Bertz CT molecular complexity index is 837. The Hall–Kier alpha value is -2.10. The Balaban J connectivity index is 1.81. The number of hydrogen-bond donors (Lipinski definition) is 3. The van der Waals surface area contributed by atoms with E-state index in [1.807, 2.05) is 0 Å². The molecule has 3 N–H and O–H groups in total. The summed E-state index contributed by atoms with van der Waals surface area (Å²) in [7, 11) is 0. The third-order valence-corrected chi connectivity index (χ3v) is 8.33. The van der Waals surface area contributed by atoms with Gasteiger partial charge in [0.1, 0.15) is 23.7 Å². The van der Waals surface area contributed by atoms with Crippen molar-refractivity contribution in [2.24, 2.45) is 5.92 Å². The van der Waals surface area contributed by atoms with E-state index in [0.717, 1.165) is 31.4 Å². The van der Waals surface area contributed by atoms with E-state index < -0.39 is 23.7 Å². The van der Waals surface area contributed by atoms with Crippen molar-refractivity contribution in [2.75, 3.05) is 12.3 Å². The fraction of sp³-hybridized carbons (Fsp3) is 0.800. The summed E-state index contributed by atoms with van der Waals surface area (Å²) >= 11 is 1.29. The van der Waals surface area contributed by atoms with Gasteiger partial charge in [-0.2, -0.15) is 0 Å². The van der Waals surface area contributed by atoms with Gasteiger partial charge in [-0.1, -0.05) is 44.4 Å². The summed E-state index contributed by atoms with van der Waals surface area (Å²) in [5.41, 5.74) is -1.09. The molecule has 2 aliphatic heterocycles. The number of amides is 4. The van der Waals surface area contributed by atoms with Crippen molar-refractivity contribution in [1.29, 1.82) is 0 Å². The highest BCUT2D eigenvalue weighted by Crippen LogP contribution is 2.33. The lowest BCUT2D eigenvalue weighted by Gasteiger charge is -2.41. The van der Waals surface area contributed by atoms with Crippen LogP contribution < -0.4 is 16.0 Å². The van der Waals surface area contributed by atoms with Gasteiger partial charge in [-0.15, -0.1) is 0 Å². The highest BCUT2D eigenvalue weighted by molar-refractivity contribution is 8.13. The van der Waals surface area contributed by atoms with Crippen molar-refractivity contribution in [1.82, 2.24) is 20.9 Å². The van der Waals surface area contributed by atoms with Gasteiger partial charge in [-0.3, -0.25) is 24.0 Å². The minimum atomic E-state index is -1.09. The Kier molecular flexibility index (Phi) is 9.61. The number of fused-ring (bicyclic) bond motifs is 1. The lowest BCUT2D eigenvalue weighted by atomic mass is 9.75. The molecule has 3 fully saturated rings. The normalized spacial score (nSPS) is 32.3. The van der Waals surface area contributed by atoms with Crippen LogP contribution in [0.5, 0.6) is 0 Å². The zero-order chi connectivity index (χ0) is 25.6. The van der Waals surface area contributed by atoms with Gasteiger partial charge in [0, 0.05) is 19.2 Å². The van der Waals surface area contributed by atoms with Crippen LogP contribution in [0.3, 0.4) is 0 Å². The number of unbranched alkanes of at least 4 members (excludes halogenated alkanes) is 2. The van der Waals surface area contributed by atoms with Gasteiger partial charge in [0.2, 0.25) is 23.6 Å². The van der Waals surface area contributed by atoms with Gasteiger partial charge in [-0.25, -0.2) is 0 Å². The maximum absolute atomic E-state index is 13.5. The Morgan fingerprint density at radius 3 is 2.51 bits per heavy atom. The highest BCUT2D eigenvalue weighted by atomic mass is 32.2. The molecule has 4 amide bonds. The van der Waals surface area contributed by atoms with E-state index in [-0.39, 0.29) is 34.7 Å². The molecular weight excluding hydrogens is 468 g/mol. The number of thioether (sulfide) groups is 1. The Morgan fingerprint density at radius 1 is 1.03 bits per heavy atom. The monoisotopic (exact) mass is 508 g/mol. The van der Waals surface area contributed by atoms with Crippen molar-refractivity contribution >= 4 is 40.5 Å². The topological polar surface area (TPSA) is 125 Å². The highest BCUT2D eigenvalue weighted by Gasteiger charge is 2.46. The zero-order valence-electron chi connectivity index (χ0n) is 21.2. The molecule has 2 saturated heterocycles. The Labute approximate surface area is 212 Å². The first-order chi connectivity index (χ1) is 16.6. The van der Waals surface area contributed by atoms with Crippen LogP contribution in [0.25, 0.3) is 0 Å². The van der Waals surface area contributed by atoms with Gasteiger partial charge in [-0.05, 0) is 51.4 Å². The summed E-state index contributed by atoms with van der Waals surface area (Å²) in [4.78, 5) is 66.0. The predicted molar refractivity (Wildman–Crippen MR) is 134 cm³/mol. The zero-order valence-corrected chi connectivity index (χ0v) is 22.0. The number of nitrogens with one attached hydrogen (secondary N) is 3. The second-order valence-corrected chi connectivity index (χ2v) is 11.7. The fourth-order valence-electron chi connectivity index (χ4n) is 5.58. The van der Waals surface area contributed by atoms with Crippen molar-refractivity contribution in [2.45, 2.75) is 109 Å². The summed E-state index contributed by atoms with van der Waals surface area (Å²) in [6.45, 7) is 5.72. The van der Waals surface area contributed by atoms with E-state index in [0.29, 0.717) is 45.1 Å². The number of hydrogen-bond acceptors (Lipinski definition) is 6. The lowest BCUT2D eigenvalue weighted by molar-refractivity contribution is -0.145. The molecule has 0 aromatic carbocycles. The van der Waals surface area contributed by atoms with Crippen LogP contribution in [0.15, 0.2) is 0 Å². The minimum Gasteiger partial charge on any atom is -0.343 e. The molecule has 2 heterocycles. The van der Waals surface area contributed by atoms with Crippen LogP contribution in [-0.2, 0) is 24.0 Å². The summed E-state index contributed by atoms with van der Waals surface area (Å²) in [5.74, 6) is -0.249. The number of carbonyl (C=O) groups excluding carboxylic acids is 5. The molecule has 10 heteroatoms. The second-order valence-electron chi connectivity index (χ2n) is 10.4. The van der Waals surface area contributed by atoms with E-state index in [4.69, 9.17) is 0 Å².